The summed E-state index contributed by atoms with van der Waals surface area (Å²) in [7, 11) is -1.28. The van der Waals surface area contributed by atoms with Gasteiger partial charge >= 0.3 is 0 Å². The molecule has 0 saturated carbocycles. The van der Waals surface area contributed by atoms with Crippen LogP contribution in [-0.2, 0) is 10.8 Å². The molecule has 0 saturated heterocycles. The van der Waals surface area contributed by atoms with Crippen LogP contribution in [0.2, 0.25) is 19.6 Å². The van der Waals surface area contributed by atoms with Crippen LogP contribution < -0.4 is 0 Å². The summed E-state index contributed by atoms with van der Waals surface area (Å²) in [5, 5.41) is 0. The smallest absolute Gasteiger partial charge is 0.183 e. The van der Waals surface area contributed by atoms with Gasteiger partial charge in [-0.3, -0.25) is 0 Å². The molecule has 0 aliphatic carbocycles. The highest BCUT2D eigenvalue weighted by Crippen LogP contribution is 2.06. The van der Waals surface area contributed by atoms with Crippen molar-refractivity contribution in [3.8, 4) is 0 Å². The van der Waals surface area contributed by atoms with E-state index in [4.69, 9.17) is 4.43 Å². The van der Waals surface area contributed by atoms with E-state index >= 15 is 0 Å². The largest absolute Gasteiger partial charge is 0.418 e. The lowest BCUT2D eigenvalue weighted by atomic mass is 10.2. The van der Waals surface area contributed by atoms with Gasteiger partial charge in [0.1, 0.15) is 0 Å². The molecule has 2 nitrogen and oxygen atoms in total. The summed E-state index contributed by atoms with van der Waals surface area (Å²) < 4.78 is 5.78. The lowest BCUT2D eigenvalue weighted by Crippen LogP contribution is -2.25. The summed E-state index contributed by atoms with van der Waals surface area (Å²) in [4.78, 5) is 3.21. The molecule has 14 heavy (non-hydrogen) atoms. The van der Waals surface area contributed by atoms with Crippen molar-refractivity contribution < 1.29 is 4.43 Å². The highest BCUT2D eigenvalue weighted by atomic mass is 28.4. The first-order chi connectivity index (χ1) is 6.58. The molecule has 0 aliphatic rings. The summed E-state index contributed by atoms with van der Waals surface area (Å²) >= 11 is 0. The number of hydrogen-bond acceptors (Lipinski definition) is 1. The van der Waals surface area contributed by atoms with Crippen molar-refractivity contribution in [2.75, 3.05) is 6.61 Å². The molecule has 1 rings (SSSR count). The average Bonchev–Trinajstić information content (AvgIpc) is 2.54. The van der Waals surface area contributed by atoms with Gasteiger partial charge in [0.2, 0.25) is 0 Å². The van der Waals surface area contributed by atoms with Crippen LogP contribution in [0.4, 0.5) is 0 Å². The van der Waals surface area contributed by atoms with Gasteiger partial charge in [0.05, 0.1) is 0 Å². The van der Waals surface area contributed by atoms with E-state index in [9.17, 15) is 0 Å². The summed E-state index contributed by atoms with van der Waals surface area (Å²) in [6.45, 7) is 7.63. The second-order valence-electron chi connectivity index (χ2n) is 4.61. The van der Waals surface area contributed by atoms with E-state index in [1.165, 1.54) is 18.5 Å². The molecule has 1 aromatic rings. The zero-order valence-corrected chi connectivity index (χ0v) is 10.5. The minimum absolute atomic E-state index is 0.927. The predicted octanol–water partition coefficient (Wildman–Crippen LogP) is 3.19. The molecule has 0 fully saturated rings. The zero-order chi connectivity index (χ0) is 10.4. The van der Waals surface area contributed by atoms with Gasteiger partial charge in [-0.2, -0.15) is 0 Å². The molecule has 0 unspecified atom stereocenters. The molecule has 0 radical (unpaired) electrons. The lowest BCUT2D eigenvalue weighted by molar-refractivity contribution is 0.300. The van der Waals surface area contributed by atoms with Crippen molar-refractivity contribution in [3.63, 3.8) is 0 Å². The van der Waals surface area contributed by atoms with Gasteiger partial charge in [0.15, 0.2) is 8.32 Å². The molecule has 1 aromatic heterocycles. The fraction of sp³-hybridized carbons (Fsp3) is 0.636. The summed E-state index contributed by atoms with van der Waals surface area (Å²) in [6.07, 6.45) is 5.50. The number of aromatic nitrogens is 1. The Labute approximate surface area is 87.8 Å². The van der Waals surface area contributed by atoms with Crippen molar-refractivity contribution in [1.82, 2.24) is 4.98 Å². The maximum absolute atomic E-state index is 5.78. The molecule has 0 atom stereocenters. The van der Waals surface area contributed by atoms with Crippen molar-refractivity contribution in [2.45, 2.75) is 38.9 Å². The Morgan fingerprint density at radius 3 is 2.64 bits per heavy atom. The zero-order valence-electron chi connectivity index (χ0n) is 9.47. The third kappa shape index (κ3) is 5.24. The predicted molar refractivity (Wildman–Crippen MR) is 63.0 cm³/mol. The Morgan fingerprint density at radius 2 is 2.07 bits per heavy atom. The molecule has 1 heterocycles. The molecule has 0 spiro atoms. The van der Waals surface area contributed by atoms with E-state index in [1.54, 1.807) is 0 Å². The first kappa shape index (κ1) is 11.5. The van der Waals surface area contributed by atoms with E-state index < -0.39 is 8.32 Å². The molecular weight excluding hydrogens is 190 g/mol. The Bertz CT molecular complexity index is 238. The monoisotopic (exact) mass is 211 g/mol. The minimum atomic E-state index is -1.28. The fourth-order valence-electron chi connectivity index (χ4n) is 1.32. The molecular formula is C11H21NOSi. The van der Waals surface area contributed by atoms with Gasteiger partial charge in [-0.05, 0) is 51.0 Å². The van der Waals surface area contributed by atoms with Crippen LogP contribution in [0.1, 0.15) is 18.5 Å². The Kier molecular flexibility index (Phi) is 4.42. The molecule has 0 aliphatic heterocycles. The molecule has 3 heteroatoms. The van der Waals surface area contributed by atoms with Gasteiger partial charge in [-0.25, -0.2) is 0 Å². The topological polar surface area (TPSA) is 25.0 Å². The number of aryl methyl sites for hydroxylation is 1. The normalized spacial score (nSPS) is 11.9. The van der Waals surface area contributed by atoms with Crippen LogP contribution in [0.3, 0.4) is 0 Å². The van der Waals surface area contributed by atoms with E-state index in [1.807, 2.05) is 12.3 Å². The number of nitrogens with one attached hydrogen (secondary N) is 1. The van der Waals surface area contributed by atoms with Crippen LogP contribution in [0.5, 0.6) is 0 Å². The summed E-state index contributed by atoms with van der Waals surface area (Å²) in [6, 6.07) is 4.19. The van der Waals surface area contributed by atoms with Gasteiger partial charge in [0.25, 0.3) is 0 Å². The number of hydrogen-bond donors (Lipinski definition) is 1. The number of aromatic amines is 1. The van der Waals surface area contributed by atoms with Crippen LogP contribution in [-0.4, -0.2) is 19.9 Å². The number of H-pyrrole nitrogens is 1. The van der Waals surface area contributed by atoms with Crippen LogP contribution in [0.15, 0.2) is 18.3 Å². The number of rotatable bonds is 6. The van der Waals surface area contributed by atoms with Crippen LogP contribution in [0.25, 0.3) is 0 Å². The Balaban J connectivity index is 2.00. The minimum Gasteiger partial charge on any atom is -0.418 e. The highest BCUT2D eigenvalue weighted by molar-refractivity contribution is 6.69. The van der Waals surface area contributed by atoms with E-state index in [2.05, 4.69) is 30.7 Å². The third-order valence-electron chi connectivity index (χ3n) is 2.04. The van der Waals surface area contributed by atoms with Gasteiger partial charge in [-0.15, -0.1) is 0 Å². The van der Waals surface area contributed by atoms with Crippen molar-refractivity contribution in [3.05, 3.63) is 24.0 Å². The van der Waals surface area contributed by atoms with Crippen molar-refractivity contribution in [2.24, 2.45) is 0 Å². The molecule has 0 bridgehead atoms. The average molecular weight is 211 g/mol. The molecule has 0 amide bonds. The molecule has 80 valence electrons. The molecule has 0 aromatic carbocycles. The Hall–Kier alpha value is -0.543. The number of unbranched alkanes of at least 4 members (excludes halogenated alkanes) is 1. The van der Waals surface area contributed by atoms with Crippen LogP contribution >= 0.6 is 0 Å². The quantitative estimate of drug-likeness (QED) is 0.567. The fourth-order valence-corrected chi connectivity index (χ4v) is 2.08. The standard InChI is InChI=1S/C11H21NOSi/c1-14(2,3)13-10-5-4-7-11-8-6-9-12-11/h6,8-9,12H,4-5,7,10H2,1-3H3. The van der Waals surface area contributed by atoms with E-state index in [-0.39, 0.29) is 0 Å². The van der Waals surface area contributed by atoms with Crippen molar-refractivity contribution in [1.29, 1.82) is 0 Å². The first-order valence-electron chi connectivity index (χ1n) is 5.34. The van der Waals surface area contributed by atoms with E-state index in [0.717, 1.165) is 13.0 Å². The van der Waals surface area contributed by atoms with Gasteiger partial charge in [-0.1, -0.05) is 0 Å². The highest BCUT2D eigenvalue weighted by Gasteiger charge is 2.12. The first-order valence-corrected chi connectivity index (χ1v) is 8.75. The molecule has 1 N–H and O–H groups in total. The van der Waals surface area contributed by atoms with Crippen molar-refractivity contribution >= 4 is 8.32 Å². The Morgan fingerprint density at radius 1 is 1.29 bits per heavy atom. The van der Waals surface area contributed by atoms with E-state index in [0.29, 0.717) is 0 Å². The second-order valence-corrected chi connectivity index (χ2v) is 9.13. The van der Waals surface area contributed by atoms with Gasteiger partial charge in [0, 0.05) is 18.5 Å². The maximum atomic E-state index is 5.78. The van der Waals surface area contributed by atoms with Gasteiger partial charge < -0.3 is 9.41 Å². The SMILES string of the molecule is C[Si](C)(C)OCCCCc1ccc[nH]1. The summed E-state index contributed by atoms with van der Waals surface area (Å²) in [5.74, 6) is 0. The lowest BCUT2D eigenvalue weighted by Gasteiger charge is -2.16. The van der Waals surface area contributed by atoms with Crippen LogP contribution in [0, 0.1) is 0 Å². The second kappa shape index (κ2) is 5.37. The summed E-state index contributed by atoms with van der Waals surface area (Å²) in [5.41, 5.74) is 1.33. The third-order valence-corrected chi connectivity index (χ3v) is 3.11. The maximum Gasteiger partial charge on any atom is 0.183 e.